The summed E-state index contributed by atoms with van der Waals surface area (Å²) >= 11 is 0. The minimum atomic E-state index is -0.358. The van der Waals surface area contributed by atoms with Crippen LogP contribution in [0.1, 0.15) is 11.1 Å². The van der Waals surface area contributed by atoms with Crippen molar-refractivity contribution in [2.75, 3.05) is 27.2 Å². The Morgan fingerprint density at radius 3 is 2.67 bits per heavy atom. The van der Waals surface area contributed by atoms with Gasteiger partial charge in [-0.2, -0.15) is 0 Å². The van der Waals surface area contributed by atoms with Crippen LogP contribution < -0.4 is 16.0 Å². The summed E-state index contributed by atoms with van der Waals surface area (Å²) in [5, 5.41) is 8.53. The third-order valence-electron chi connectivity index (χ3n) is 3.39. The fraction of sp³-hybridized carbons (Fsp3) is 0.467. The summed E-state index contributed by atoms with van der Waals surface area (Å²) in [6.07, 6.45) is 0. The fourth-order valence-corrected chi connectivity index (χ4v) is 2.28. The second-order valence-electron chi connectivity index (χ2n) is 5.46. The van der Waals surface area contributed by atoms with Gasteiger partial charge in [0.1, 0.15) is 6.04 Å². The van der Waals surface area contributed by atoms with Crippen LogP contribution in [0.15, 0.2) is 24.3 Å². The maximum atomic E-state index is 12.1. The summed E-state index contributed by atoms with van der Waals surface area (Å²) in [6, 6.07) is 7.71. The highest BCUT2D eigenvalue weighted by atomic mass is 16.2. The molecule has 0 bridgehead atoms. The van der Waals surface area contributed by atoms with Gasteiger partial charge in [-0.05, 0) is 25.2 Å². The number of amides is 2. The van der Waals surface area contributed by atoms with Gasteiger partial charge < -0.3 is 15.5 Å². The molecule has 1 aromatic rings. The van der Waals surface area contributed by atoms with Crippen LogP contribution >= 0.6 is 0 Å². The Labute approximate surface area is 124 Å². The molecule has 1 aliphatic heterocycles. The Morgan fingerprint density at radius 1 is 1.33 bits per heavy atom. The molecule has 2 amide bonds. The molecule has 3 N–H and O–H groups in total. The van der Waals surface area contributed by atoms with Gasteiger partial charge in [0, 0.05) is 19.6 Å². The molecule has 6 nitrogen and oxygen atoms in total. The van der Waals surface area contributed by atoms with Crippen molar-refractivity contribution in [1.82, 2.24) is 20.9 Å². The summed E-state index contributed by atoms with van der Waals surface area (Å²) < 4.78 is 0. The summed E-state index contributed by atoms with van der Waals surface area (Å²) in [6.45, 7) is 1.86. The topological polar surface area (TPSA) is 73.5 Å². The summed E-state index contributed by atoms with van der Waals surface area (Å²) in [5.74, 6) is -0.162. The van der Waals surface area contributed by atoms with Crippen LogP contribution in [0, 0.1) is 0 Å². The number of rotatable bonds is 5. The molecule has 1 unspecified atom stereocenters. The van der Waals surface area contributed by atoms with Gasteiger partial charge >= 0.3 is 0 Å². The molecule has 0 aliphatic carbocycles. The molecule has 0 aromatic heterocycles. The highest BCUT2D eigenvalue weighted by Gasteiger charge is 2.23. The molecule has 0 spiro atoms. The van der Waals surface area contributed by atoms with Crippen LogP contribution in [-0.4, -0.2) is 49.9 Å². The molecule has 6 heteroatoms. The van der Waals surface area contributed by atoms with Gasteiger partial charge in [-0.3, -0.25) is 14.9 Å². The maximum absolute atomic E-state index is 12.1. The van der Waals surface area contributed by atoms with E-state index in [2.05, 4.69) is 26.9 Å². The molecule has 1 fully saturated rings. The van der Waals surface area contributed by atoms with Gasteiger partial charge in [-0.1, -0.05) is 24.3 Å². The predicted molar refractivity (Wildman–Crippen MR) is 80.5 cm³/mol. The number of nitrogens with one attached hydrogen (secondary N) is 3. The Kier molecular flexibility index (Phi) is 5.30. The van der Waals surface area contributed by atoms with E-state index in [-0.39, 0.29) is 24.4 Å². The monoisotopic (exact) mass is 290 g/mol. The SMILES string of the molecule is CN(C)Cc1ccccc1CNC(=O)C1CNC(=O)CN1. The lowest BCUT2D eigenvalue weighted by molar-refractivity contribution is -0.126. The van der Waals surface area contributed by atoms with E-state index in [1.54, 1.807) is 0 Å². The van der Waals surface area contributed by atoms with Gasteiger partial charge in [0.15, 0.2) is 0 Å². The van der Waals surface area contributed by atoms with Crippen LogP contribution in [0.4, 0.5) is 0 Å². The van der Waals surface area contributed by atoms with Crippen molar-refractivity contribution >= 4 is 11.8 Å². The lowest BCUT2D eigenvalue weighted by atomic mass is 10.1. The Morgan fingerprint density at radius 2 is 2.05 bits per heavy atom. The third kappa shape index (κ3) is 4.54. The van der Waals surface area contributed by atoms with Crippen molar-refractivity contribution in [1.29, 1.82) is 0 Å². The highest BCUT2D eigenvalue weighted by Crippen LogP contribution is 2.10. The average Bonchev–Trinajstić information content (AvgIpc) is 2.46. The Balaban J connectivity index is 1.90. The largest absolute Gasteiger partial charge is 0.353 e. The minimum Gasteiger partial charge on any atom is -0.353 e. The number of hydrogen-bond donors (Lipinski definition) is 3. The second-order valence-corrected chi connectivity index (χ2v) is 5.46. The van der Waals surface area contributed by atoms with Gasteiger partial charge in [-0.15, -0.1) is 0 Å². The van der Waals surface area contributed by atoms with Crippen LogP contribution in [-0.2, 0) is 22.7 Å². The van der Waals surface area contributed by atoms with E-state index in [9.17, 15) is 9.59 Å². The van der Waals surface area contributed by atoms with Gasteiger partial charge in [-0.25, -0.2) is 0 Å². The number of benzene rings is 1. The van der Waals surface area contributed by atoms with Crippen molar-refractivity contribution in [2.45, 2.75) is 19.1 Å². The Hall–Kier alpha value is -1.92. The van der Waals surface area contributed by atoms with Crippen LogP contribution in [0.5, 0.6) is 0 Å². The minimum absolute atomic E-state index is 0.0737. The molecule has 2 rings (SSSR count). The Bertz CT molecular complexity index is 506. The van der Waals surface area contributed by atoms with E-state index < -0.39 is 0 Å². The first-order valence-corrected chi connectivity index (χ1v) is 7.05. The zero-order chi connectivity index (χ0) is 15.2. The fourth-order valence-electron chi connectivity index (χ4n) is 2.28. The maximum Gasteiger partial charge on any atom is 0.239 e. The molecular formula is C15H22N4O2. The predicted octanol–water partition coefficient (Wildman–Crippen LogP) is -0.548. The summed E-state index contributed by atoms with van der Waals surface area (Å²) in [4.78, 5) is 25.2. The first-order chi connectivity index (χ1) is 10.1. The lowest BCUT2D eigenvalue weighted by Gasteiger charge is -2.23. The van der Waals surface area contributed by atoms with E-state index in [0.717, 1.165) is 12.1 Å². The number of carbonyl (C=O) groups excluding carboxylic acids is 2. The molecule has 1 saturated heterocycles. The average molecular weight is 290 g/mol. The van der Waals surface area contributed by atoms with E-state index in [1.165, 1.54) is 5.56 Å². The first-order valence-electron chi connectivity index (χ1n) is 7.05. The van der Waals surface area contributed by atoms with Crippen molar-refractivity contribution < 1.29 is 9.59 Å². The van der Waals surface area contributed by atoms with Crippen molar-refractivity contribution in [3.05, 3.63) is 35.4 Å². The summed E-state index contributed by atoms with van der Waals surface area (Å²) in [5.41, 5.74) is 2.31. The third-order valence-corrected chi connectivity index (χ3v) is 3.39. The molecule has 1 heterocycles. The standard InChI is InChI=1S/C15H22N4O2/c1-19(2)10-12-6-4-3-5-11(12)7-18-15(21)13-8-17-14(20)9-16-13/h3-6,13,16H,7-10H2,1-2H3,(H,17,20)(H,18,21). The lowest BCUT2D eigenvalue weighted by Crippen LogP contribution is -2.57. The second kappa shape index (κ2) is 7.19. The zero-order valence-corrected chi connectivity index (χ0v) is 12.5. The molecular weight excluding hydrogens is 268 g/mol. The van der Waals surface area contributed by atoms with Crippen molar-refractivity contribution in [3.63, 3.8) is 0 Å². The quantitative estimate of drug-likeness (QED) is 0.680. The van der Waals surface area contributed by atoms with E-state index in [4.69, 9.17) is 0 Å². The molecule has 1 aromatic carbocycles. The molecule has 21 heavy (non-hydrogen) atoms. The van der Waals surface area contributed by atoms with Crippen LogP contribution in [0.2, 0.25) is 0 Å². The molecule has 1 aliphatic rings. The number of piperazine rings is 1. The van der Waals surface area contributed by atoms with E-state index in [1.807, 2.05) is 32.3 Å². The van der Waals surface area contributed by atoms with Crippen LogP contribution in [0.3, 0.4) is 0 Å². The number of carbonyl (C=O) groups is 2. The van der Waals surface area contributed by atoms with Gasteiger partial charge in [0.2, 0.25) is 11.8 Å². The summed E-state index contributed by atoms with van der Waals surface area (Å²) in [7, 11) is 4.04. The van der Waals surface area contributed by atoms with E-state index in [0.29, 0.717) is 13.1 Å². The molecule has 1 atom stereocenters. The van der Waals surface area contributed by atoms with Crippen molar-refractivity contribution in [2.24, 2.45) is 0 Å². The van der Waals surface area contributed by atoms with E-state index >= 15 is 0 Å². The highest BCUT2D eigenvalue weighted by molar-refractivity contribution is 5.86. The number of nitrogens with zero attached hydrogens (tertiary/aromatic N) is 1. The smallest absolute Gasteiger partial charge is 0.239 e. The zero-order valence-electron chi connectivity index (χ0n) is 12.5. The molecule has 0 saturated carbocycles. The number of hydrogen-bond acceptors (Lipinski definition) is 4. The van der Waals surface area contributed by atoms with Gasteiger partial charge in [0.05, 0.1) is 6.54 Å². The van der Waals surface area contributed by atoms with Gasteiger partial charge in [0.25, 0.3) is 0 Å². The first kappa shape index (κ1) is 15.5. The van der Waals surface area contributed by atoms with Crippen LogP contribution in [0.25, 0.3) is 0 Å². The normalized spacial score (nSPS) is 18.4. The molecule has 0 radical (unpaired) electrons. The molecule has 114 valence electrons. The van der Waals surface area contributed by atoms with Crippen molar-refractivity contribution in [3.8, 4) is 0 Å².